The summed E-state index contributed by atoms with van der Waals surface area (Å²) in [5, 5.41) is 4.21. The first-order chi connectivity index (χ1) is 12.6. The molecule has 0 bridgehead atoms. The zero-order valence-electron chi connectivity index (χ0n) is 14.1. The first kappa shape index (κ1) is 17.8. The Balaban J connectivity index is 1.69. The van der Waals surface area contributed by atoms with Gasteiger partial charge in [-0.25, -0.2) is 4.79 Å². The Morgan fingerprint density at radius 1 is 1.19 bits per heavy atom. The molecule has 0 radical (unpaired) electrons. The Morgan fingerprint density at radius 3 is 2.77 bits per heavy atom. The van der Waals surface area contributed by atoms with Crippen molar-refractivity contribution in [2.75, 3.05) is 14.2 Å². The number of methoxy groups -OCH3 is 2. The van der Waals surface area contributed by atoms with Crippen LogP contribution in [0.25, 0.3) is 11.4 Å². The van der Waals surface area contributed by atoms with E-state index in [1.54, 1.807) is 25.3 Å². The second-order valence-electron chi connectivity index (χ2n) is 5.17. The molecular formula is C18H15ClN2O5. The molecule has 0 aliphatic heterocycles. The van der Waals surface area contributed by atoms with E-state index in [-0.39, 0.29) is 17.5 Å². The van der Waals surface area contributed by atoms with E-state index in [1.165, 1.54) is 13.2 Å². The summed E-state index contributed by atoms with van der Waals surface area (Å²) in [6.45, 7) is 0.0360. The number of hydrogen-bond acceptors (Lipinski definition) is 7. The van der Waals surface area contributed by atoms with E-state index in [2.05, 4.69) is 14.9 Å². The fraction of sp³-hybridized carbons (Fsp3) is 0.167. The third kappa shape index (κ3) is 3.94. The zero-order chi connectivity index (χ0) is 18.5. The van der Waals surface area contributed by atoms with Crippen LogP contribution in [0.3, 0.4) is 0 Å². The molecule has 0 aliphatic rings. The molecule has 0 saturated heterocycles. The molecule has 0 spiro atoms. The molecule has 0 fully saturated rings. The van der Waals surface area contributed by atoms with Crippen molar-refractivity contribution in [2.24, 2.45) is 0 Å². The normalized spacial score (nSPS) is 10.4. The van der Waals surface area contributed by atoms with Gasteiger partial charge in [-0.1, -0.05) is 28.9 Å². The minimum Gasteiger partial charge on any atom is -0.497 e. The lowest BCUT2D eigenvalue weighted by Crippen LogP contribution is -2.02. The molecule has 0 atom stereocenters. The smallest absolute Gasteiger partial charge is 0.337 e. The number of nitrogens with zero attached hydrogens (tertiary/aromatic N) is 2. The second-order valence-corrected chi connectivity index (χ2v) is 5.58. The van der Waals surface area contributed by atoms with Crippen molar-refractivity contribution >= 4 is 17.6 Å². The molecule has 3 aromatic rings. The monoisotopic (exact) mass is 374 g/mol. The lowest BCUT2D eigenvalue weighted by atomic mass is 10.2. The Hall–Kier alpha value is -3.06. The highest BCUT2D eigenvalue weighted by Gasteiger charge is 2.13. The topological polar surface area (TPSA) is 83.7 Å². The number of halogens is 1. The van der Waals surface area contributed by atoms with Crippen LogP contribution in [0.5, 0.6) is 11.5 Å². The average Bonchev–Trinajstić information content (AvgIpc) is 3.15. The first-order valence-electron chi connectivity index (χ1n) is 7.58. The van der Waals surface area contributed by atoms with Gasteiger partial charge < -0.3 is 18.7 Å². The van der Waals surface area contributed by atoms with E-state index in [0.717, 1.165) is 5.56 Å². The molecule has 1 heterocycles. The molecule has 7 nitrogen and oxygen atoms in total. The van der Waals surface area contributed by atoms with Crippen molar-refractivity contribution in [2.45, 2.75) is 6.61 Å². The fourth-order valence-electron chi connectivity index (χ4n) is 2.20. The summed E-state index contributed by atoms with van der Waals surface area (Å²) in [4.78, 5) is 15.8. The van der Waals surface area contributed by atoms with Crippen LogP contribution in [0, 0.1) is 0 Å². The average molecular weight is 375 g/mol. The fourth-order valence-corrected chi connectivity index (χ4v) is 2.43. The summed E-state index contributed by atoms with van der Waals surface area (Å²) < 4.78 is 20.6. The van der Waals surface area contributed by atoms with E-state index in [9.17, 15) is 4.79 Å². The van der Waals surface area contributed by atoms with Crippen molar-refractivity contribution in [3.8, 4) is 22.9 Å². The Bertz CT molecular complexity index is 925. The number of hydrogen-bond donors (Lipinski definition) is 0. The van der Waals surface area contributed by atoms with Crippen LogP contribution in [-0.4, -0.2) is 30.3 Å². The highest BCUT2D eigenvalue weighted by atomic mass is 35.5. The van der Waals surface area contributed by atoms with Gasteiger partial charge in [-0.3, -0.25) is 0 Å². The minimum absolute atomic E-state index is 0.0360. The highest BCUT2D eigenvalue weighted by molar-refractivity contribution is 6.32. The second kappa shape index (κ2) is 7.88. The quantitative estimate of drug-likeness (QED) is 0.607. The van der Waals surface area contributed by atoms with Gasteiger partial charge in [0.15, 0.2) is 6.61 Å². The Morgan fingerprint density at radius 2 is 2.04 bits per heavy atom. The molecule has 0 aliphatic carbocycles. The maximum Gasteiger partial charge on any atom is 0.337 e. The molecule has 1 aromatic heterocycles. The Kier molecular flexibility index (Phi) is 5.38. The van der Waals surface area contributed by atoms with Crippen LogP contribution < -0.4 is 9.47 Å². The molecular weight excluding hydrogens is 360 g/mol. The summed E-state index contributed by atoms with van der Waals surface area (Å²) in [5.74, 6) is 1.33. The van der Waals surface area contributed by atoms with Crippen molar-refractivity contribution in [1.82, 2.24) is 10.1 Å². The molecule has 0 saturated carbocycles. The zero-order valence-corrected chi connectivity index (χ0v) is 14.8. The highest BCUT2D eigenvalue weighted by Crippen LogP contribution is 2.27. The number of benzene rings is 2. The summed E-state index contributed by atoms with van der Waals surface area (Å²) in [6.07, 6.45) is 0. The molecule has 134 valence electrons. The molecule has 0 N–H and O–H groups in total. The molecule has 0 unspecified atom stereocenters. The molecule has 2 aromatic carbocycles. The summed E-state index contributed by atoms with van der Waals surface area (Å²) in [6, 6.07) is 11.9. The number of ether oxygens (including phenoxy) is 3. The van der Waals surface area contributed by atoms with E-state index in [4.69, 9.17) is 25.6 Å². The van der Waals surface area contributed by atoms with E-state index >= 15 is 0 Å². The number of aromatic nitrogens is 2. The van der Waals surface area contributed by atoms with Crippen molar-refractivity contribution in [3.63, 3.8) is 0 Å². The molecule has 0 amide bonds. The number of carbonyl (C=O) groups excluding carboxylic acids is 1. The first-order valence-corrected chi connectivity index (χ1v) is 7.96. The lowest BCUT2D eigenvalue weighted by Gasteiger charge is -2.07. The van der Waals surface area contributed by atoms with Crippen molar-refractivity contribution < 1.29 is 23.5 Å². The van der Waals surface area contributed by atoms with E-state index < -0.39 is 5.97 Å². The van der Waals surface area contributed by atoms with Gasteiger partial charge in [0.1, 0.15) is 11.5 Å². The predicted molar refractivity (Wildman–Crippen MR) is 93.4 cm³/mol. The van der Waals surface area contributed by atoms with Crippen LogP contribution in [0.4, 0.5) is 0 Å². The SMILES string of the molecule is COC(=O)c1ccc(OCc2nc(-c3cccc(OC)c3)no2)c(Cl)c1. The van der Waals surface area contributed by atoms with Crippen LogP contribution in [0.2, 0.25) is 5.02 Å². The van der Waals surface area contributed by atoms with Crippen LogP contribution in [-0.2, 0) is 11.3 Å². The van der Waals surface area contributed by atoms with Gasteiger partial charge in [-0.2, -0.15) is 4.98 Å². The molecule has 3 rings (SSSR count). The minimum atomic E-state index is -0.474. The third-order valence-electron chi connectivity index (χ3n) is 3.50. The number of carbonyl (C=O) groups is 1. The number of esters is 1. The largest absolute Gasteiger partial charge is 0.497 e. The Labute approximate surface area is 154 Å². The van der Waals surface area contributed by atoms with E-state index in [1.807, 2.05) is 18.2 Å². The lowest BCUT2D eigenvalue weighted by molar-refractivity contribution is 0.0600. The molecule has 8 heteroatoms. The maximum atomic E-state index is 11.5. The summed E-state index contributed by atoms with van der Waals surface area (Å²) in [7, 11) is 2.89. The van der Waals surface area contributed by atoms with Gasteiger partial charge in [0.2, 0.25) is 5.82 Å². The van der Waals surface area contributed by atoms with Gasteiger partial charge in [-0.05, 0) is 30.3 Å². The van der Waals surface area contributed by atoms with E-state index in [0.29, 0.717) is 22.9 Å². The summed E-state index contributed by atoms with van der Waals surface area (Å²) >= 11 is 6.12. The van der Waals surface area contributed by atoms with Crippen LogP contribution in [0.1, 0.15) is 16.2 Å². The van der Waals surface area contributed by atoms with Gasteiger partial charge in [-0.15, -0.1) is 0 Å². The third-order valence-corrected chi connectivity index (χ3v) is 3.80. The van der Waals surface area contributed by atoms with Gasteiger partial charge in [0.25, 0.3) is 5.89 Å². The van der Waals surface area contributed by atoms with Gasteiger partial charge >= 0.3 is 5.97 Å². The van der Waals surface area contributed by atoms with Crippen LogP contribution in [0.15, 0.2) is 47.0 Å². The van der Waals surface area contributed by atoms with Crippen molar-refractivity contribution in [1.29, 1.82) is 0 Å². The summed E-state index contributed by atoms with van der Waals surface area (Å²) in [5.41, 5.74) is 1.10. The van der Waals surface area contributed by atoms with Gasteiger partial charge in [0.05, 0.1) is 24.8 Å². The van der Waals surface area contributed by atoms with Gasteiger partial charge in [0, 0.05) is 5.56 Å². The van der Waals surface area contributed by atoms with Crippen molar-refractivity contribution in [3.05, 3.63) is 58.9 Å². The number of rotatable bonds is 6. The maximum absolute atomic E-state index is 11.5. The van der Waals surface area contributed by atoms with Crippen LogP contribution >= 0.6 is 11.6 Å². The predicted octanol–water partition coefficient (Wildman–Crippen LogP) is 3.76. The standard InChI is InChI=1S/C18H15ClN2O5/c1-23-13-5-3-4-11(8-13)17-20-16(26-21-17)10-25-15-7-6-12(9-14(15)19)18(22)24-2/h3-9H,10H2,1-2H3. The molecule has 26 heavy (non-hydrogen) atoms.